The van der Waals surface area contributed by atoms with Crippen LogP contribution >= 0.6 is 0 Å². The summed E-state index contributed by atoms with van der Waals surface area (Å²) in [4.78, 5) is 11.5. The van der Waals surface area contributed by atoms with Gasteiger partial charge in [0, 0.05) is 23.6 Å². The zero-order valence-electron chi connectivity index (χ0n) is 7.88. The van der Waals surface area contributed by atoms with Crippen molar-refractivity contribution in [2.24, 2.45) is 0 Å². The van der Waals surface area contributed by atoms with Gasteiger partial charge in [0.25, 0.3) is 5.56 Å². The summed E-state index contributed by atoms with van der Waals surface area (Å²) in [5, 5.41) is 10.3. The maximum atomic E-state index is 11.5. The summed E-state index contributed by atoms with van der Waals surface area (Å²) >= 11 is 0. The average Bonchev–Trinajstić information content (AvgIpc) is 2.30. The van der Waals surface area contributed by atoms with E-state index >= 15 is 0 Å². The zero-order chi connectivity index (χ0) is 10.7. The molecule has 15 heavy (non-hydrogen) atoms. The first kappa shape index (κ1) is 9.48. The van der Waals surface area contributed by atoms with E-state index in [2.05, 4.69) is 0 Å². The van der Waals surface area contributed by atoms with Gasteiger partial charge in [-0.25, -0.2) is 0 Å². The number of rotatable bonds is 2. The Morgan fingerprint density at radius 1 is 1.07 bits per heavy atom. The molecule has 0 saturated carbocycles. The Bertz CT molecular complexity index is 502. The van der Waals surface area contributed by atoms with Crippen molar-refractivity contribution in [1.29, 1.82) is 0 Å². The van der Waals surface area contributed by atoms with Crippen molar-refractivity contribution in [3.05, 3.63) is 64.2 Å². The van der Waals surface area contributed by atoms with Gasteiger partial charge in [0.2, 0.25) is 0 Å². The summed E-state index contributed by atoms with van der Waals surface area (Å²) in [6.07, 6.45) is 1.68. The van der Waals surface area contributed by atoms with Crippen LogP contribution in [0.3, 0.4) is 0 Å². The number of hydrogen-bond donors (Lipinski definition) is 1. The number of nitrogens with one attached hydrogen (secondary N) is 1. The number of benzene rings is 1. The number of hydrogen-bond acceptors (Lipinski definition) is 3. The lowest BCUT2D eigenvalue weighted by atomic mass is 10.3. The summed E-state index contributed by atoms with van der Waals surface area (Å²) in [5.74, 6) is 0. The van der Waals surface area contributed by atoms with Crippen LogP contribution in [0.15, 0.2) is 53.5 Å². The summed E-state index contributed by atoms with van der Waals surface area (Å²) in [6.45, 7) is 0. The maximum Gasteiger partial charge on any atom is 0.255 e. The minimum atomic E-state index is -0.0969. The molecule has 1 heterocycles. The molecule has 2 rings (SSSR count). The molecule has 1 aromatic heterocycles. The lowest BCUT2D eigenvalue weighted by molar-refractivity contribution is 0.991. The molecule has 0 amide bonds. The first-order valence-electron chi connectivity index (χ1n) is 4.47. The van der Waals surface area contributed by atoms with Gasteiger partial charge in [-0.15, -0.1) is 0 Å². The lowest BCUT2D eigenvalue weighted by Gasteiger charge is -2.10. The molecule has 0 radical (unpaired) electrons. The Kier molecular flexibility index (Phi) is 2.51. The minimum absolute atomic E-state index is 0.0969. The van der Waals surface area contributed by atoms with E-state index in [1.54, 1.807) is 48.1 Å². The van der Waals surface area contributed by atoms with Crippen LogP contribution < -0.4 is 11.0 Å². The Hall–Kier alpha value is -2.07. The standard InChI is InChI=1S/C11H9N2O2/c14-11-3-1-2-8-13(11)10-6-4-9(12-15)5-7-10/h1-8,12H/q-1. The highest BCUT2D eigenvalue weighted by atomic mass is 16.5. The van der Waals surface area contributed by atoms with Crippen molar-refractivity contribution in [3.8, 4) is 5.69 Å². The predicted octanol–water partition coefficient (Wildman–Crippen LogP) is 1.75. The highest BCUT2D eigenvalue weighted by molar-refractivity contribution is 5.49. The van der Waals surface area contributed by atoms with Crippen LogP contribution in [0.2, 0.25) is 0 Å². The van der Waals surface area contributed by atoms with E-state index in [1.807, 2.05) is 0 Å². The van der Waals surface area contributed by atoms with E-state index in [0.717, 1.165) is 5.69 Å². The number of anilines is 1. The molecule has 4 heteroatoms. The van der Waals surface area contributed by atoms with Crippen LogP contribution in [-0.4, -0.2) is 4.57 Å². The highest BCUT2D eigenvalue weighted by Crippen LogP contribution is 2.10. The van der Waals surface area contributed by atoms with E-state index in [9.17, 15) is 10.0 Å². The van der Waals surface area contributed by atoms with Gasteiger partial charge in [0.1, 0.15) is 0 Å². The summed E-state index contributed by atoms with van der Waals surface area (Å²) in [7, 11) is 0. The Balaban J connectivity index is 2.46. The van der Waals surface area contributed by atoms with Crippen LogP contribution in [-0.2, 0) is 0 Å². The maximum absolute atomic E-state index is 11.5. The minimum Gasteiger partial charge on any atom is -0.761 e. The van der Waals surface area contributed by atoms with Gasteiger partial charge in [-0.05, 0) is 30.3 Å². The summed E-state index contributed by atoms with van der Waals surface area (Å²) < 4.78 is 1.51. The average molecular weight is 201 g/mol. The molecule has 0 bridgehead atoms. The first-order chi connectivity index (χ1) is 7.31. The van der Waals surface area contributed by atoms with Crippen LogP contribution in [0.5, 0.6) is 0 Å². The van der Waals surface area contributed by atoms with Gasteiger partial charge in [-0.1, -0.05) is 6.07 Å². The van der Waals surface area contributed by atoms with Gasteiger partial charge < -0.3 is 10.7 Å². The van der Waals surface area contributed by atoms with Gasteiger partial charge >= 0.3 is 0 Å². The molecule has 1 aromatic carbocycles. The Labute approximate surface area is 86.4 Å². The normalized spacial score (nSPS) is 9.93. The highest BCUT2D eigenvalue weighted by Gasteiger charge is 1.96. The van der Waals surface area contributed by atoms with Crippen molar-refractivity contribution >= 4 is 5.69 Å². The van der Waals surface area contributed by atoms with E-state index in [-0.39, 0.29) is 5.56 Å². The van der Waals surface area contributed by atoms with Crippen molar-refractivity contribution in [2.75, 3.05) is 5.48 Å². The molecule has 76 valence electrons. The topological polar surface area (TPSA) is 57.1 Å². The van der Waals surface area contributed by atoms with E-state index < -0.39 is 0 Å². The first-order valence-corrected chi connectivity index (χ1v) is 4.47. The van der Waals surface area contributed by atoms with Crippen LogP contribution in [0.25, 0.3) is 5.69 Å². The van der Waals surface area contributed by atoms with E-state index in [1.165, 1.54) is 10.6 Å². The molecular formula is C11H9N2O2-. The molecule has 2 aromatic rings. The van der Waals surface area contributed by atoms with Gasteiger partial charge in [0.15, 0.2) is 0 Å². The van der Waals surface area contributed by atoms with Crippen LogP contribution in [0.4, 0.5) is 5.69 Å². The van der Waals surface area contributed by atoms with Gasteiger partial charge in [-0.2, -0.15) is 0 Å². The SMILES string of the molecule is O=c1ccccn1-c1ccc(N[O-])cc1. The molecular weight excluding hydrogens is 192 g/mol. The third kappa shape index (κ3) is 1.89. The molecule has 0 unspecified atom stereocenters. The monoisotopic (exact) mass is 201 g/mol. The molecule has 4 nitrogen and oxygen atoms in total. The molecule has 0 fully saturated rings. The smallest absolute Gasteiger partial charge is 0.255 e. The van der Waals surface area contributed by atoms with Crippen molar-refractivity contribution in [2.45, 2.75) is 0 Å². The Morgan fingerprint density at radius 2 is 1.80 bits per heavy atom. The Morgan fingerprint density at radius 3 is 2.40 bits per heavy atom. The third-order valence-corrected chi connectivity index (χ3v) is 2.09. The van der Waals surface area contributed by atoms with E-state index in [4.69, 9.17) is 0 Å². The second kappa shape index (κ2) is 3.98. The van der Waals surface area contributed by atoms with Crippen LogP contribution in [0.1, 0.15) is 0 Å². The summed E-state index contributed by atoms with van der Waals surface area (Å²) in [5.41, 5.74) is 2.90. The fourth-order valence-corrected chi connectivity index (χ4v) is 1.33. The molecule has 0 spiro atoms. The molecule has 0 aliphatic carbocycles. The molecule has 0 atom stereocenters. The van der Waals surface area contributed by atoms with Gasteiger partial charge in [-0.3, -0.25) is 9.36 Å². The lowest BCUT2D eigenvalue weighted by Crippen LogP contribution is -2.15. The number of aromatic nitrogens is 1. The largest absolute Gasteiger partial charge is 0.761 e. The van der Waals surface area contributed by atoms with Crippen molar-refractivity contribution < 1.29 is 0 Å². The van der Waals surface area contributed by atoms with Crippen molar-refractivity contribution in [3.63, 3.8) is 0 Å². The number of pyridine rings is 1. The van der Waals surface area contributed by atoms with E-state index in [0.29, 0.717) is 5.69 Å². The fourth-order valence-electron chi connectivity index (χ4n) is 1.33. The second-order valence-corrected chi connectivity index (χ2v) is 3.06. The van der Waals surface area contributed by atoms with Crippen LogP contribution in [0, 0.1) is 5.21 Å². The third-order valence-electron chi connectivity index (χ3n) is 2.09. The predicted molar refractivity (Wildman–Crippen MR) is 59.0 cm³/mol. The molecule has 0 aliphatic rings. The second-order valence-electron chi connectivity index (χ2n) is 3.06. The molecule has 0 saturated heterocycles. The quantitative estimate of drug-likeness (QED) is 0.753. The summed E-state index contributed by atoms with van der Waals surface area (Å²) in [6, 6.07) is 11.6. The molecule has 0 aliphatic heterocycles. The number of nitrogens with zero attached hydrogens (tertiary/aromatic N) is 1. The molecule has 1 N–H and O–H groups in total. The fraction of sp³-hybridized carbons (Fsp3) is 0. The zero-order valence-corrected chi connectivity index (χ0v) is 7.88. The van der Waals surface area contributed by atoms with Gasteiger partial charge in [0.05, 0.1) is 0 Å². The van der Waals surface area contributed by atoms with Crippen molar-refractivity contribution in [1.82, 2.24) is 4.57 Å².